The third-order valence-corrected chi connectivity index (χ3v) is 1.66. The number of aromatic nitrogens is 1. The van der Waals surface area contributed by atoms with Crippen LogP contribution in [-0.4, -0.2) is 26.8 Å². The number of esters is 1. The quantitative estimate of drug-likeness (QED) is 0.743. The van der Waals surface area contributed by atoms with Gasteiger partial charge in [0.2, 0.25) is 0 Å². The van der Waals surface area contributed by atoms with Gasteiger partial charge < -0.3 is 14.9 Å². The molecule has 1 aromatic heterocycles. The van der Waals surface area contributed by atoms with E-state index >= 15 is 0 Å². The molecule has 5 heteroatoms. The molecule has 1 rings (SSSR count). The van der Waals surface area contributed by atoms with Crippen molar-refractivity contribution in [3.05, 3.63) is 18.0 Å². The number of hydrogen-bond acceptors (Lipinski definition) is 5. The molecular weight excluding hydrogens is 210 g/mol. The highest BCUT2D eigenvalue weighted by Gasteiger charge is 2.18. The first kappa shape index (κ1) is 12.3. The molecule has 1 heterocycles. The zero-order chi connectivity index (χ0) is 12.3. The molecule has 0 spiro atoms. The van der Waals surface area contributed by atoms with Crippen molar-refractivity contribution >= 4 is 5.97 Å². The zero-order valence-corrected chi connectivity index (χ0v) is 9.52. The minimum atomic E-state index is -0.566. The van der Waals surface area contributed by atoms with Crippen molar-refractivity contribution in [2.75, 3.05) is 0 Å². The Kier molecular flexibility index (Phi) is 3.37. The van der Waals surface area contributed by atoms with Crippen LogP contribution >= 0.6 is 0 Å². The zero-order valence-electron chi connectivity index (χ0n) is 9.52. The van der Waals surface area contributed by atoms with Crippen LogP contribution in [-0.2, 0) is 16.0 Å². The number of nitrogens with zero attached hydrogens (tertiary/aromatic N) is 1. The van der Waals surface area contributed by atoms with E-state index in [0.717, 1.165) is 6.07 Å². The molecule has 5 nitrogen and oxygen atoms in total. The van der Waals surface area contributed by atoms with Crippen LogP contribution in [0.15, 0.2) is 12.3 Å². The fourth-order valence-corrected chi connectivity index (χ4v) is 1.12. The Balaban J connectivity index is 2.70. The molecule has 0 radical (unpaired) electrons. The van der Waals surface area contributed by atoms with E-state index in [2.05, 4.69) is 4.98 Å². The smallest absolute Gasteiger partial charge is 0.312 e. The van der Waals surface area contributed by atoms with E-state index in [9.17, 15) is 9.90 Å². The van der Waals surface area contributed by atoms with Crippen LogP contribution < -0.4 is 0 Å². The summed E-state index contributed by atoms with van der Waals surface area (Å²) in [6.07, 6.45) is 1.04. The van der Waals surface area contributed by atoms with Crippen molar-refractivity contribution in [2.24, 2.45) is 0 Å². The number of aromatic hydroxyl groups is 2. The Morgan fingerprint density at radius 3 is 2.56 bits per heavy atom. The summed E-state index contributed by atoms with van der Waals surface area (Å²) >= 11 is 0. The maximum atomic E-state index is 11.4. The first-order valence-corrected chi connectivity index (χ1v) is 4.86. The molecule has 0 saturated heterocycles. The van der Waals surface area contributed by atoms with Crippen LogP contribution in [0, 0.1) is 0 Å². The van der Waals surface area contributed by atoms with Gasteiger partial charge in [-0.2, -0.15) is 0 Å². The molecule has 0 amide bonds. The molecule has 0 aliphatic heterocycles. The summed E-state index contributed by atoms with van der Waals surface area (Å²) in [7, 11) is 0. The molecular formula is C11H15NO4. The normalized spacial score (nSPS) is 11.2. The Labute approximate surface area is 93.7 Å². The summed E-state index contributed by atoms with van der Waals surface area (Å²) < 4.78 is 5.07. The first-order valence-electron chi connectivity index (χ1n) is 4.86. The number of ether oxygens (including phenoxy) is 1. The van der Waals surface area contributed by atoms with Gasteiger partial charge in [-0.05, 0) is 20.8 Å². The van der Waals surface area contributed by atoms with Crippen molar-refractivity contribution in [1.82, 2.24) is 4.98 Å². The largest absolute Gasteiger partial charge is 0.506 e. The Hall–Kier alpha value is -1.78. The maximum Gasteiger partial charge on any atom is 0.312 e. The van der Waals surface area contributed by atoms with Gasteiger partial charge in [0.15, 0.2) is 0 Å². The highest BCUT2D eigenvalue weighted by atomic mass is 16.6. The third kappa shape index (κ3) is 3.76. The molecule has 0 fully saturated rings. The van der Waals surface area contributed by atoms with Crippen molar-refractivity contribution < 1.29 is 19.7 Å². The van der Waals surface area contributed by atoms with Gasteiger partial charge in [0.25, 0.3) is 0 Å². The fourth-order valence-electron chi connectivity index (χ4n) is 1.12. The van der Waals surface area contributed by atoms with E-state index in [4.69, 9.17) is 9.84 Å². The fraction of sp³-hybridized carbons (Fsp3) is 0.455. The van der Waals surface area contributed by atoms with Gasteiger partial charge in [0.1, 0.15) is 17.1 Å². The van der Waals surface area contributed by atoms with E-state index in [1.807, 2.05) is 0 Å². The SMILES string of the molecule is CC(C)(C)OC(=O)Cc1ncc(O)cc1O. The number of hydrogen-bond donors (Lipinski definition) is 2. The van der Waals surface area contributed by atoms with Gasteiger partial charge in [-0.3, -0.25) is 9.78 Å². The molecule has 0 aliphatic carbocycles. The molecule has 0 aromatic carbocycles. The number of rotatable bonds is 2. The van der Waals surface area contributed by atoms with Gasteiger partial charge >= 0.3 is 5.97 Å². The second-order valence-electron chi connectivity index (χ2n) is 4.42. The highest BCUT2D eigenvalue weighted by Crippen LogP contribution is 2.21. The molecule has 0 atom stereocenters. The topological polar surface area (TPSA) is 79.7 Å². The van der Waals surface area contributed by atoms with E-state index in [1.54, 1.807) is 20.8 Å². The summed E-state index contributed by atoms with van der Waals surface area (Å²) in [5.41, 5.74) is -0.379. The molecule has 1 aromatic rings. The summed E-state index contributed by atoms with van der Waals surface area (Å²) in [4.78, 5) is 15.2. The van der Waals surface area contributed by atoms with Gasteiger partial charge in [0.05, 0.1) is 18.3 Å². The molecule has 0 saturated carbocycles. The molecule has 0 bridgehead atoms. The van der Waals surface area contributed by atoms with E-state index < -0.39 is 11.6 Å². The summed E-state index contributed by atoms with van der Waals surface area (Å²) in [5.74, 6) is -0.836. The molecule has 0 aliphatic rings. The minimum absolute atomic E-state index is 0.122. The van der Waals surface area contributed by atoms with Crippen LogP contribution in [0.3, 0.4) is 0 Å². The lowest BCUT2D eigenvalue weighted by Gasteiger charge is -2.19. The number of carbonyl (C=O) groups is 1. The van der Waals surface area contributed by atoms with E-state index in [-0.39, 0.29) is 23.6 Å². The summed E-state index contributed by atoms with van der Waals surface area (Å²) in [6.45, 7) is 5.28. The molecule has 2 N–H and O–H groups in total. The minimum Gasteiger partial charge on any atom is -0.506 e. The maximum absolute atomic E-state index is 11.4. The molecule has 88 valence electrons. The van der Waals surface area contributed by atoms with Gasteiger partial charge in [-0.25, -0.2) is 0 Å². The average molecular weight is 225 g/mol. The first-order chi connectivity index (χ1) is 7.28. The standard InChI is InChI=1S/C11H15NO4/c1-11(2,3)16-10(15)5-8-9(14)4-7(13)6-12-8/h4,6,13-14H,5H2,1-3H3. The van der Waals surface area contributed by atoms with Crippen LogP contribution in [0.5, 0.6) is 11.5 Å². The third-order valence-electron chi connectivity index (χ3n) is 1.66. The van der Waals surface area contributed by atoms with Crippen LogP contribution in [0.1, 0.15) is 26.5 Å². The summed E-state index contributed by atoms with van der Waals surface area (Å²) in [6, 6.07) is 1.13. The van der Waals surface area contributed by atoms with Crippen molar-refractivity contribution in [3.63, 3.8) is 0 Å². The number of pyridine rings is 1. The van der Waals surface area contributed by atoms with Crippen LogP contribution in [0.4, 0.5) is 0 Å². The van der Waals surface area contributed by atoms with Crippen molar-refractivity contribution in [3.8, 4) is 11.5 Å². The van der Waals surface area contributed by atoms with E-state index in [1.165, 1.54) is 6.20 Å². The second-order valence-corrected chi connectivity index (χ2v) is 4.42. The Morgan fingerprint density at radius 2 is 2.06 bits per heavy atom. The lowest BCUT2D eigenvalue weighted by Crippen LogP contribution is -2.25. The molecule has 0 unspecified atom stereocenters. The molecule has 16 heavy (non-hydrogen) atoms. The Morgan fingerprint density at radius 1 is 1.44 bits per heavy atom. The van der Waals surface area contributed by atoms with Crippen LogP contribution in [0.25, 0.3) is 0 Å². The lowest BCUT2D eigenvalue weighted by atomic mass is 10.2. The second kappa shape index (κ2) is 4.38. The number of carbonyl (C=O) groups excluding carboxylic acids is 1. The van der Waals surface area contributed by atoms with Gasteiger partial charge in [-0.1, -0.05) is 0 Å². The summed E-state index contributed by atoms with van der Waals surface area (Å²) in [5, 5.41) is 18.4. The predicted octanol–water partition coefficient (Wildman–Crippen LogP) is 1.38. The van der Waals surface area contributed by atoms with Crippen molar-refractivity contribution in [2.45, 2.75) is 32.8 Å². The Bertz CT molecular complexity index is 395. The van der Waals surface area contributed by atoms with Gasteiger partial charge in [-0.15, -0.1) is 0 Å². The predicted molar refractivity (Wildman–Crippen MR) is 57.1 cm³/mol. The van der Waals surface area contributed by atoms with Crippen molar-refractivity contribution in [1.29, 1.82) is 0 Å². The van der Waals surface area contributed by atoms with Crippen LogP contribution in [0.2, 0.25) is 0 Å². The lowest BCUT2D eigenvalue weighted by molar-refractivity contribution is -0.154. The van der Waals surface area contributed by atoms with E-state index in [0.29, 0.717) is 0 Å². The average Bonchev–Trinajstić information content (AvgIpc) is 2.06. The van der Waals surface area contributed by atoms with Gasteiger partial charge in [0, 0.05) is 6.07 Å². The highest BCUT2D eigenvalue weighted by molar-refractivity contribution is 5.73. The monoisotopic (exact) mass is 225 g/mol.